The van der Waals surface area contributed by atoms with Crippen LogP contribution in [0.3, 0.4) is 0 Å². The number of nitrogens with one attached hydrogen (secondary N) is 1. The number of hydrogen-bond donors (Lipinski definition) is 1. The lowest BCUT2D eigenvalue weighted by atomic mass is 9.81. The number of nitrogens with zero attached hydrogens (tertiary/aromatic N) is 3. The van der Waals surface area contributed by atoms with E-state index in [9.17, 15) is 23.6 Å². The van der Waals surface area contributed by atoms with E-state index in [1.165, 1.54) is 23.3 Å². The first-order valence-electron chi connectivity index (χ1n) is 11.6. The van der Waals surface area contributed by atoms with Crippen LogP contribution in [0, 0.1) is 11.8 Å². The van der Waals surface area contributed by atoms with Crippen molar-refractivity contribution in [3.63, 3.8) is 0 Å². The van der Waals surface area contributed by atoms with Gasteiger partial charge in [0.1, 0.15) is 0 Å². The highest BCUT2D eigenvalue weighted by Crippen LogP contribution is 2.31. The van der Waals surface area contributed by atoms with Crippen LogP contribution in [0.2, 0.25) is 0 Å². The summed E-state index contributed by atoms with van der Waals surface area (Å²) in [6.07, 6.45) is 2.95. The SMILES string of the molecule is CC(C)(F)C(=O)N1CCN(C(=O)C2CCC(Cn3c(=O)[nH]c4ccccc4c3=O)CC2)CC1. The number of aromatic nitrogens is 2. The van der Waals surface area contributed by atoms with Crippen molar-refractivity contribution in [2.75, 3.05) is 26.2 Å². The monoisotopic (exact) mass is 458 g/mol. The molecule has 0 unspecified atom stereocenters. The van der Waals surface area contributed by atoms with Gasteiger partial charge in [0, 0.05) is 38.6 Å². The second-order valence-corrected chi connectivity index (χ2v) is 9.70. The number of H-pyrrole nitrogens is 1. The second-order valence-electron chi connectivity index (χ2n) is 9.70. The van der Waals surface area contributed by atoms with E-state index in [0.717, 1.165) is 12.8 Å². The molecule has 1 saturated heterocycles. The predicted molar refractivity (Wildman–Crippen MR) is 123 cm³/mol. The molecule has 4 rings (SSSR count). The van der Waals surface area contributed by atoms with Crippen molar-refractivity contribution in [2.45, 2.75) is 51.7 Å². The number of rotatable bonds is 4. The lowest BCUT2D eigenvalue weighted by Gasteiger charge is -2.39. The zero-order valence-corrected chi connectivity index (χ0v) is 19.2. The van der Waals surface area contributed by atoms with Gasteiger partial charge in [0.25, 0.3) is 11.5 Å². The van der Waals surface area contributed by atoms with Gasteiger partial charge in [-0.15, -0.1) is 0 Å². The average Bonchev–Trinajstić information content (AvgIpc) is 2.81. The average molecular weight is 459 g/mol. The fraction of sp³-hybridized carbons (Fsp3) is 0.583. The van der Waals surface area contributed by atoms with E-state index in [2.05, 4.69) is 4.98 Å². The topological polar surface area (TPSA) is 95.5 Å². The van der Waals surface area contributed by atoms with Crippen LogP contribution < -0.4 is 11.2 Å². The van der Waals surface area contributed by atoms with Crippen LogP contribution >= 0.6 is 0 Å². The van der Waals surface area contributed by atoms with E-state index in [0.29, 0.717) is 56.5 Å². The van der Waals surface area contributed by atoms with Gasteiger partial charge in [-0.3, -0.25) is 19.0 Å². The Morgan fingerprint density at radius 2 is 1.61 bits per heavy atom. The zero-order chi connectivity index (χ0) is 23.8. The number of amides is 2. The lowest BCUT2D eigenvalue weighted by Crippen LogP contribution is -2.55. The van der Waals surface area contributed by atoms with Crippen molar-refractivity contribution in [2.24, 2.45) is 11.8 Å². The number of carbonyl (C=O) groups excluding carboxylic acids is 2. The van der Waals surface area contributed by atoms with Crippen molar-refractivity contribution in [3.8, 4) is 0 Å². The van der Waals surface area contributed by atoms with Gasteiger partial charge in [0.2, 0.25) is 5.91 Å². The summed E-state index contributed by atoms with van der Waals surface area (Å²) in [6.45, 7) is 4.39. The van der Waals surface area contributed by atoms with Gasteiger partial charge in [-0.2, -0.15) is 0 Å². The molecular weight excluding hydrogens is 427 g/mol. The molecule has 8 nitrogen and oxygen atoms in total. The number of carbonyl (C=O) groups is 2. The summed E-state index contributed by atoms with van der Waals surface area (Å²) < 4.78 is 15.2. The Hall–Kier alpha value is -2.97. The molecule has 33 heavy (non-hydrogen) atoms. The molecule has 1 N–H and O–H groups in total. The van der Waals surface area contributed by atoms with Gasteiger partial charge in [-0.25, -0.2) is 9.18 Å². The molecule has 1 saturated carbocycles. The van der Waals surface area contributed by atoms with Crippen LogP contribution in [0.5, 0.6) is 0 Å². The first-order chi connectivity index (χ1) is 15.6. The number of piperazine rings is 1. The van der Waals surface area contributed by atoms with Gasteiger partial charge >= 0.3 is 5.69 Å². The minimum atomic E-state index is -1.90. The molecule has 2 fully saturated rings. The van der Waals surface area contributed by atoms with E-state index in [-0.39, 0.29) is 23.3 Å². The first-order valence-corrected chi connectivity index (χ1v) is 11.6. The molecule has 1 aliphatic carbocycles. The zero-order valence-electron chi connectivity index (χ0n) is 19.2. The molecule has 2 aliphatic rings. The second kappa shape index (κ2) is 9.11. The van der Waals surface area contributed by atoms with Crippen molar-refractivity contribution in [3.05, 3.63) is 45.1 Å². The molecule has 0 bridgehead atoms. The summed E-state index contributed by atoms with van der Waals surface area (Å²) in [5, 5.41) is 0.495. The Labute approximate surface area is 191 Å². The maximum absolute atomic E-state index is 13.9. The number of halogens is 1. The van der Waals surface area contributed by atoms with Crippen LogP contribution in [-0.4, -0.2) is 63.0 Å². The van der Waals surface area contributed by atoms with Gasteiger partial charge < -0.3 is 14.8 Å². The third-order valence-electron chi connectivity index (χ3n) is 6.91. The summed E-state index contributed by atoms with van der Waals surface area (Å²) in [7, 11) is 0. The standard InChI is InChI=1S/C24H31FN4O4/c1-24(2,25)22(32)28-13-11-27(12-14-28)20(30)17-9-7-16(8-10-17)15-29-21(31)18-5-3-4-6-19(18)26-23(29)33/h3-6,16-17H,7-15H2,1-2H3,(H,26,33). The summed E-state index contributed by atoms with van der Waals surface area (Å²) in [5.41, 5.74) is -2.05. The summed E-state index contributed by atoms with van der Waals surface area (Å²) in [5.74, 6) is -0.377. The maximum atomic E-state index is 13.9. The van der Waals surface area contributed by atoms with Gasteiger partial charge in [-0.1, -0.05) is 12.1 Å². The molecule has 2 aromatic rings. The van der Waals surface area contributed by atoms with Crippen LogP contribution in [0.1, 0.15) is 39.5 Å². The van der Waals surface area contributed by atoms with E-state index < -0.39 is 17.3 Å². The van der Waals surface area contributed by atoms with Crippen molar-refractivity contribution >= 4 is 22.7 Å². The highest BCUT2D eigenvalue weighted by atomic mass is 19.1. The molecule has 0 atom stereocenters. The predicted octanol–water partition coefficient (Wildman–Crippen LogP) is 1.92. The number of alkyl halides is 1. The van der Waals surface area contributed by atoms with E-state index in [1.807, 2.05) is 0 Å². The maximum Gasteiger partial charge on any atom is 0.328 e. The molecular formula is C24H31FN4O4. The number of para-hydroxylation sites is 1. The van der Waals surface area contributed by atoms with Crippen LogP contribution in [0.15, 0.2) is 33.9 Å². The number of aromatic amines is 1. The van der Waals surface area contributed by atoms with Gasteiger partial charge in [0.15, 0.2) is 5.67 Å². The smallest absolute Gasteiger partial charge is 0.328 e. The molecule has 2 heterocycles. The summed E-state index contributed by atoms with van der Waals surface area (Å²) in [6, 6.07) is 6.98. The number of hydrogen-bond acceptors (Lipinski definition) is 4. The lowest BCUT2D eigenvalue weighted by molar-refractivity contribution is -0.148. The summed E-state index contributed by atoms with van der Waals surface area (Å²) >= 11 is 0. The Balaban J connectivity index is 1.32. The third-order valence-corrected chi connectivity index (χ3v) is 6.91. The molecule has 1 aliphatic heterocycles. The van der Waals surface area contributed by atoms with Crippen LogP contribution in [-0.2, 0) is 16.1 Å². The van der Waals surface area contributed by atoms with Gasteiger partial charge in [0.05, 0.1) is 10.9 Å². The largest absolute Gasteiger partial charge is 0.339 e. The Kier molecular flexibility index (Phi) is 6.41. The first kappa shape index (κ1) is 23.2. The van der Waals surface area contributed by atoms with Crippen molar-refractivity contribution in [1.29, 1.82) is 0 Å². The normalized spacial score (nSPS) is 21.9. The Bertz CT molecular complexity index is 1150. The quantitative estimate of drug-likeness (QED) is 0.757. The molecule has 0 radical (unpaired) electrons. The minimum Gasteiger partial charge on any atom is -0.339 e. The Morgan fingerprint density at radius 1 is 1.00 bits per heavy atom. The highest BCUT2D eigenvalue weighted by Gasteiger charge is 2.36. The molecule has 0 spiro atoms. The van der Waals surface area contributed by atoms with Gasteiger partial charge in [-0.05, 0) is 57.6 Å². The third kappa shape index (κ3) is 4.86. The fourth-order valence-corrected chi connectivity index (χ4v) is 4.98. The van der Waals surface area contributed by atoms with Crippen molar-refractivity contribution < 1.29 is 14.0 Å². The van der Waals surface area contributed by atoms with E-state index in [4.69, 9.17) is 0 Å². The molecule has 2 amide bonds. The highest BCUT2D eigenvalue weighted by molar-refractivity contribution is 5.85. The van der Waals surface area contributed by atoms with Crippen LogP contribution in [0.4, 0.5) is 4.39 Å². The summed E-state index contributed by atoms with van der Waals surface area (Å²) in [4.78, 5) is 56.3. The van der Waals surface area contributed by atoms with Crippen molar-refractivity contribution in [1.82, 2.24) is 19.4 Å². The van der Waals surface area contributed by atoms with E-state index >= 15 is 0 Å². The number of fused-ring (bicyclic) bond motifs is 1. The molecule has 178 valence electrons. The molecule has 1 aromatic carbocycles. The Morgan fingerprint density at radius 3 is 2.24 bits per heavy atom. The fourth-order valence-electron chi connectivity index (χ4n) is 4.98. The number of benzene rings is 1. The minimum absolute atomic E-state index is 0.0841. The molecule has 1 aromatic heterocycles. The van der Waals surface area contributed by atoms with E-state index in [1.54, 1.807) is 29.2 Å². The van der Waals surface area contributed by atoms with Crippen LogP contribution in [0.25, 0.3) is 10.9 Å². The molecule has 9 heteroatoms.